The summed E-state index contributed by atoms with van der Waals surface area (Å²) in [7, 11) is 1.69. The van der Waals surface area contributed by atoms with E-state index in [1.54, 1.807) is 7.11 Å². The van der Waals surface area contributed by atoms with Gasteiger partial charge in [0, 0.05) is 19.7 Å². The van der Waals surface area contributed by atoms with E-state index in [9.17, 15) is 0 Å². The molecule has 3 heteroatoms. The molecule has 0 fully saturated rings. The lowest BCUT2D eigenvalue weighted by Crippen LogP contribution is -2.37. The van der Waals surface area contributed by atoms with Crippen molar-refractivity contribution in [3.05, 3.63) is 0 Å². The van der Waals surface area contributed by atoms with Crippen molar-refractivity contribution in [2.24, 2.45) is 11.7 Å². The third kappa shape index (κ3) is 12.0. The minimum Gasteiger partial charge on any atom is -0.383 e. The molecule has 3 nitrogen and oxygen atoms in total. The van der Waals surface area contributed by atoms with E-state index in [4.69, 9.17) is 10.5 Å². The molecule has 0 aliphatic carbocycles. The summed E-state index contributed by atoms with van der Waals surface area (Å²) in [6.07, 6.45) is 6.70. The number of hydrogen-bond acceptors (Lipinski definition) is 3. The Morgan fingerprint density at radius 2 is 1.81 bits per heavy atom. The first-order valence-corrected chi connectivity index (χ1v) is 6.62. The van der Waals surface area contributed by atoms with Gasteiger partial charge >= 0.3 is 0 Å². The van der Waals surface area contributed by atoms with E-state index in [0.717, 1.165) is 19.0 Å². The lowest BCUT2D eigenvalue weighted by molar-refractivity contribution is 0.179. The molecule has 0 aromatic carbocycles. The predicted molar refractivity (Wildman–Crippen MR) is 70.6 cm³/mol. The van der Waals surface area contributed by atoms with Crippen molar-refractivity contribution in [2.45, 2.75) is 52.0 Å². The van der Waals surface area contributed by atoms with Crippen molar-refractivity contribution in [1.29, 1.82) is 0 Å². The monoisotopic (exact) mass is 230 g/mol. The van der Waals surface area contributed by atoms with Crippen LogP contribution < -0.4 is 11.1 Å². The van der Waals surface area contributed by atoms with E-state index in [1.165, 1.54) is 32.1 Å². The van der Waals surface area contributed by atoms with Crippen LogP contribution in [0.1, 0.15) is 46.0 Å². The quantitative estimate of drug-likeness (QED) is 0.535. The SMILES string of the molecule is COCC(N)CNCCCCCCC(C)C. The molecule has 0 amide bonds. The Bertz CT molecular complexity index is 140. The molecule has 0 aromatic rings. The van der Waals surface area contributed by atoms with E-state index in [2.05, 4.69) is 19.2 Å². The molecule has 0 rings (SSSR count). The first-order valence-electron chi connectivity index (χ1n) is 6.62. The summed E-state index contributed by atoms with van der Waals surface area (Å²) in [6.45, 7) is 7.16. The lowest BCUT2D eigenvalue weighted by Gasteiger charge is -2.11. The second-order valence-electron chi connectivity index (χ2n) is 5.02. The lowest BCUT2D eigenvalue weighted by atomic mass is 10.0. The van der Waals surface area contributed by atoms with Crippen molar-refractivity contribution >= 4 is 0 Å². The third-order valence-electron chi connectivity index (χ3n) is 2.67. The van der Waals surface area contributed by atoms with Gasteiger partial charge in [0.05, 0.1) is 6.61 Å². The fourth-order valence-corrected chi connectivity index (χ4v) is 1.72. The van der Waals surface area contributed by atoms with Gasteiger partial charge in [-0.25, -0.2) is 0 Å². The topological polar surface area (TPSA) is 47.3 Å². The largest absolute Gasteiger partial charge is 0.383 e. The highest BCUT2D eigenvalue weighted by Crippen LogP contribution is 2.08. The van der Waals surface area contributed by atoms with Crippen molar-refractivity contribution in [1.82, 2.24) is 5.32 Å². The second kappa shape index (κ2) is 11.4. The van der Waals surface area contributed by atoms with Crippen molar-refractivity contribution in [3.8, 4) is 0 Å². The molecule has 98 valence electrons. The molecule has 0 aromatic heterocycles. The van der Waals surface area contributed by atoms with E-state index in [0.29, 0.717) is 6.61 Å². The van der Waals surface area contributed by atoms with Gasteiger partial charge < -0.3 is 15.8 Å². The molecule has 1 unspecified atom stereocenters. The zero-order chi connectivity index (χ0) is 12.2. The van der Waals surface area contributed by atoms with Crippen LogP contribution in [0.5, 0.6) is 0 Å². The number of hydrogen-bond donors (Lipinski definition) is 2. The minimum absolute atomic E-state index is 0.131. The molecule has 1 atom stereocenters. The fourth-order valence-electron chi connectivity index (χ4n) is 1.72. The van der Waals surface area contributed by atoms with Crippen LogP contribution in [0.15, 0.2) is 0 Å². The molecule has 0 bridgehead atoms. The number of unbranched alkanes of at least 4 members (excludes halogenated alkanes) is 3. The maximum Gasteiger partial charge on any atom is 0.0626 e. The number of methoxy groups -OCH3 is 1. The summed E-state index contributed by atoms with van der Waals surface area (Å²) in [4.78, 5) is 0. The van der Waals surface area contributed by atoms with Crippen LogP contribution in [-0.4, -0.2) is 32.8 Å². The van der Waals surface area contributed by atoms with E-state index in [1.807, 2.05) is 0 Å². The van der Waals surface area contributed by atoms with Crippen molar-refractivity contribution < 1.29 is 4.74 Å². The van der Waals surface area contributed by atoms with Crippen LogP contribution in [0.3, 0.4) is 0 Å². The van der Waals surface area contributed by atoms with E-state index >= 15 is 0 Å². The Balaban J connectivity index is 3.04. The summed E-state index contributed by atoms with van der Waals surface area (Å²) in [5.74, 6) is 0.852. The fraction of sp³-hybridized carbons (Fsp3) is 1.00. The Kier molecular flexibility index (Phi) is 11.3. The van der Waals surface area contributed by atoms with E-state index < -0.39 is 0 Å². The van der Waals surface area contributed by atoms with Gasteiger partial charge in [-0.05, 0) is 18.9 Å². The van der Waals surface area contributed by atoms with Gasteiger partial charge in [0.15, 0.2) is 0 Å². The molecular weight excluding hydrogens is 200 g/mol. The maximum atomic E-state index is 5.79. The van der Waals surface area contributed by atoms with Crippen molar-refractivity contribution in [2.75, 3.05) is 26.8 Å². The first kappa shape index (κ1) is 15.9. The molecule has 0 aliphatic rings. The normalized spacial score (nSPS) is 13.3. The molecular formula is C13H30N2O. The molecule has 0 heterocycles. The zero-order valence-electron chi connectivity index (χ0n) is 11.3. The van der Waals surface area contributed by atoms with Crippen LogP contribution in [0.25, 0.3) is 0 Å². The Morgan fingerprint density at radius 3 is 2.44 bits per heavy atom. The van der Waals surface area contributed by atoms with Gasteiger partial charge in [-0.3, -0.25) is 0 Å². The van der Waals surface area contributed by atoms with Crippen LogP contribution in [0, 0.1) is 5.92 Å². The first-order chi connectivity index (χ1) is 7.66. The standard InChI is InChI=1S/C13H30N2O/c1-12(2)8-6-4-5-7-9-15-10-13(14)11-16-3/h12-13,15H,4-11,14H2,1-3H3. The number of rotatable bonds is 11. The molecule has 0 saturated heterocycles. The smallest absolute Gasteiger partial charge is 0.0626 e. The number of ether oxygens (including phenoxy) is 1. The predicted octanol–water partition coefficient (Wildman–Crippen LogP) is 2.16. The van der Waals surface area contributed by atoms with Crippen molar-refractivity contribution in [3.63, 3.8) is 0 Å². The summed E-state index contributed by atoms with van der Waals surface area (Å²) in [5.41, 5.74) is 5.79. The zero-order valence-corrected chi connectivity index (χ0v) is 11.3. The molecule has 3 N–H and O–H groups in total. The number of nitrogens with two attached hydrogens (primary N) is 1. The average molecular weight is 230 g/mol. The van der Waals surface area contributed by atoms with Crippen LogP contribution in [0.2, 0.25) is 0 Å². The third-order valence-corrected chi connectivity index (χ3v) is 2.67. The molecule has 16 heavy (non-hydrogen) atoms. The summed E-state index contributed by atoms with van der Waals surface area (Å²) >= 11 is 0. The van der Waals surface area contributed by atoms with Gasteiger partial charge in [-0.2, -0.15) is 0 Å². The van der Waals surface area contributed by atoms with Crippen LogP contribution in [0.4, 0.5) is 0 Å². The Labute approximate surface area is 101 Å². The van der Waals surface area contributed by atoms with Crippen LogP contribution >= 0.6 is 0 Å². The summed E-state index contributed by atoms with van der Waals surface area (Å²) in [5, 5.41) is 3.36. The minimum atomic E-state index is 0.131. The second-order valence-corrected chi connectivity index (χ2v) is 5.02. The van der Waals surface area contributed by atoms with Gasteiger partial charge in [-0.1, -0.05) is 39.5 Å². The Hall–Kier alpha value is -0.120. The number of nitrogens with one attached hydrogen (secondary N) is 1. The average Bonchev–Trinajstić information content (AvgIpc) is 2.22. The highest BCUT2D eigenvalue weighted by molar-refractivity contribution is 4.63. The van der Waals surface area contributed by atoms with Gasteiger partial charge in [0.25, 0.3) is 0 Å². The highest BCUT2D eigenvalue weighted by atomic mass is 16.5. The summed E-state index contributed by atoms with van der Waals surface area (Å²) < 4.78 is 4.97. The molecule has 0 radical (unpaired) electrons. The maximum absolute atomic E-state index is 5.79. The van der Waals surface area contributed by atoms with Crippen LogP contribution in [-0.2, 0) is 4.74 Å². The van der Waals surface area contributed by atoms with Gasteiger partial charge in [0.1, 0.15) is 0 Å². The Morgan fingerprint density at radius 1 is 1.12 bits per heavy atom. The molecule has 0 aliphatic heterocycles. The highest BCUT2D eigenvalue weighted by Gasteiger charge is 1.99. The van der Waals surface area contributed by atoms with Gasteiger partial charge in [-0.15, -0.1) is 0 Å². The molecule has 0 spiro atoms. The van der Waals surface area contributed by atoms with Gasteiger partial charge in [0.2, 0.25) is 0 Å². The molecule has 0 saturated carbocycles. The summed E-state index contributed by atoms with van der Waals surface area (Å²) in [6, 6.07) is 0.131. The van der Waals surface area contributed by atoms with E-state index in [-0.39, 0.29) is 6.04 Å².